The van der Waals surface area contributed by atoms with Crippen LogP contribution in [0.1, 0.15) is 32.6 Å². The van der Waals surface area contributed by atoms with Crippen LogP contribution in [0.3, 0.4) is 0 Å². The van der Waals surface area contributed by atoms with E-state index in [1.807, 2.05) is 13.0 Å². The van der Waals surface area contributed by atoms with Gasteiger partial charge in [-0.05, 0) is 39.8 Å². The second kappa shape index (κ2) is 6.62. The second-order valence-electron chi connectivity index (χ2n) is 4.02. The Morgan fingerprint density at radius 2 is 2.33 bits per heavy atom. The van der Waals surface area contributed by atoms with Crippen molar-refractivity contribution in [3.8, 4) is 0 Å². The van der Waals surface area contributed by atoms with Gasteiger partial charge in [0, 0.05) is 12.1 Å². The van der Waals surface area contributed by atoms with Crippen LogP contribution in [0.4, 0.5) is 0 Å². The average molecular weight is 211 g/mol. The van der Waals surface area contributed by atoms with E-state index in [1.165, 1.54) is 25.8 Å². The largest absolute Gasteiger partial charge is 0.463 e. The first-order chi connectivity index (χ1) is 7.24. The van der Waals surface area contributed by atoms with Crippen LogP contribution in [0, 0.1) is 0 Å². The van der Waals surface area contributed by atoms with E-state index in [4.69, 9.17) is 4.74 Å². The molecule has 0 bridgehead atoms. The standard InChI is InChI=1S/C12H21NO2/c1-3-15-12(14)9-6-8-11-7-4-5-10-13(11)2/h6,9,11H,3-5,7-8,10H2,1-2H3/b9-6+. The third-order valence-electron chi connectivity index (χ3n) is 2.87. The summed E-state index contributed by atoms with van der Waals surface area (Å²) >= 11 is 0. The molecule has 0 amide bonds. The number of carbonyl (C=O) groups is 1. The van der Waals surface area contributed by atoms with E-state index in [0.29, 0.717) is 12.6 Å². The molecule has 0 aromatic rings. The van der Waals surface area contributed by atoms with Crippen molar-refractivity contribution in [3.63, 3.8) is 0 Å². The molecule has 1 aliphatic heterocycles. The summed E-state index contributed by atoms with van der Waals surface area (Å²) in [6.45, 7) is 3.45. The van der Waals surface area contributed by atoms with Crippen LogP contribution in [0.25, 0.3) is 0 Å². The van der Waals surface area contributed by atoms with E-state index < -0.39 is 0 Å². The highest BCUT2D eigenvalue weighted by Gasteiger charge is 2.16. The molecule has 1 fully saturated rings. The van der Waals surface area contributed by atoms with Crippen LogP contribution >= 0.6 is 0 Å². The highest BCUT2D eigenvalue weighted by atomic mass is 16.5. The second-order valence-corrected chi connectivity index (χ2v) is 4.02. The van der Waals surface area contributed by atoms with Crippen LogP contribution < -0.4 is 0 Å². The van der Waals surface area contributed by atoms with Crippen molar-refractivity contribution in [1.82, 2.24) is 4.90 Å². The molecular weight excluding hydrogens is 190 g/mol. The fourth-order valence-electron chi connectivity index (χ4n) is 1.95. The molecule has 0 N–H and O–H groups in total. The molecule has 86 valence electrons. The van der Waals surface area contributed by atoms with Gasteiger partial charge in [-0.25, -0.2) is 4.79 Å². The Labute approximate surface area is 92.1 Å². The summed E-state index contributed by atoms with van der Waals surface area (Å²) in [4.78, 5) is 13.4. The van der Waals surface area contributed by atoms with Crippen molar-refractivity contribution in [2.75, 3.05) is 20.2 Å². The number of esters is 1. The van der Waals surface area contributed by atoms with E-state index in [-0.39, 0.29) is 5.97 Å². The van der Waals surface area contributed by atoms with E-state index >= 15 is 0 Å². The van der Waals surface area contributed by atoms with Gasteiger partial charge in [0.25, 0.3) is 0 Å². The minimum absolute atomic E-state index is 0.226. The van der Waals surface area contributed by atoms with Crippen molar-refractivity contribution in [3.05, 3.63) is 12.2 Å². The lowest BCUT2D eigenvalue weighted by molar-refractivity contribution is -0.137. The third kappa shape index (κ3) is 4.47. The maximum Gasteiger partial charge on any atom is 0.330 e. The molecule has 0 saturated carbocycles. The van der Waals surface area contributed by atoms with Crippen LogP contribution in [0.5, 0.6) is 0 Å². The summed E-state index contributed by atoms with van der Waals surface area (Å²) in [7, 11) is 2.15. The number of nitrogens with zero attached hydrogens (tertiary/aromatic N) is 1. The lowest BCUT2D eigenvalue weighted by Crippen LogP contribution is -2.35. The van der Waals surface area contributed by atoms with Gasteiger partial charge in [0.2, 0.25) is 0 Å². The molecule has 1 aliphatic rings. The van der Waals surface area contributed by atoms with Crippen molar-refractivity contribution < 1.29 is 9.53 Å². The first-order valence-corrected chi connectivity index (χ1v) is 5.77. The van der Waals surface area contributed by atoms with E-state index in [9.17, 15) is 4.79 Å². The zero-order valence-electron chi connectivity index (χ0n) is 9.74. The zero-order chi connectivity index (χ0) is 11.1. The molecule has 1 saturated heterocycles. The molecule has 1 unspecified atom stereocenters. The Morgan fingerprint density at radius 1 is 1.53 bits per heavy atom. The fourth-order valence-corrected chi connectivity index (χ4v) is 1.95. The summed E-state index contributed by atoms with van der Waals surface area (Å²) in [6.07, 6.45) is 8.28. The van der Waals surface area contributed by atoms with Gasteiger partial charge >= 0.3 is 5.97 Å². The Bertz CT molecular complexity index is 226. The number of ether oxygens (including phenoxy) is 1. The summed E-state index contributed by atoms with van der Waals surface area (Å²) in [6, 6.07) is 0.601. The number of piperidine rings is 1. The zero-order valence-corrected chi connectivity index (χ0v) is 9.74. The molecule has 0 radical (unpaired) electrons. The summed E-state index contributed by atoms with van der Waals surface area (Å²) in [5, 5.41) is 0. The molecule has 0 spiro atoms. The molecule has 3 heteroatoms. The molecule has 1 heterocycles. The lowest BCUT2D eigenvalue weighted by Gasteiger charge is -2.31. The van der Waals surface area contributed by atoms with Crippen molar-refractivity contribution in [2.24, 2.45) is 0 Å². The predicted octanol–water partition coefficient (Wildman–Crippen LogP) is 1.98. The van der Waals surface area contributed by atoms with Gasteiger partial charge in [-0.15, -0.1) is 0 Å². The molecule has 0 aliphatic carbocycles. The number of hydrogen-bond donors (Lipinski definition) is 0. The van der Waals surface area contributed by atoms with Crippen molar-refractivity contribution in [1.29, 1.82) is 0 Å². The Hall–Kier alpha value is -0.830. The van der Waals surface area contributed by atoms with E-state index in [1.54, 1.807) is 6.08 Å². The van der Waals surface area contributed by atoms with Gasteiger partial charge in [-0.3, -0.25) is 0 Å². The Kier molecular flexibility index (Phi) is 5.40. The normalized spacial score (nSPS) is 23.2. The summed E-state index contributed by atoms with van der Waals surface area (Å²) in [5.41, 5.74) is 0. The number of carbonyl (C=O) groups excluding carboxylic acids is 1. The summed E-state index contributed by atoms with van der Waals surface area (Å²) in [5.74, 6) is -0.226. The van der Waals surface area contributed by atoms with Gasteiger partial charge in [0.1, 0.15) is 0 Å². The summed E-state index contributed by atoms with van der Waals surface area (Å²) < 4.78 is 4.82. The highest BCUT2D eigenvalue weighted by Crippen LogP contribution is 2.17. The van der Waals surface area contributed by atoms with Gasteiger partial charge in [0.05, 0.1) is 6.61 Å². The Morgan fingerprint density at radius 3 is 3.00 bits per heavy atom. The quantitative estimate of drug-likeness (QED) is 0.526. The SMILES string of the molecule is CCOC(=O)/C=C/CC1CCCCN1C. The molecule has 15 heavy (non-hydrogen) atoms. The molecular formula is C12H21NO2. The first-order valence-electron chi connectivity index (χ1n) is 5.77. The van der Waals surface area contributed by atoms with Gasteiger partial charge in [-0.2, -0.15) is 0 Å². The number of hydrogen-bond acceptors (Lipinski definition) is 3. The van der Waals surface area contributed by atoms with Gasteiger partial charge < -0.3 is 9.64 Å². The molecule has 0 aromatic heterocycles. The maximum atomic E-state index is 11.0. The number of likely N-dealkylation sites (tertiary alicyclic amines) is 1. The third-order valence-corrected chi connectivity index (χ3v) is 2.87. The lowest BCUT2D eigenvalue weighted by atomic mass is 10.00. The van der Waals surface area contributed by atoms with Crippen LogP contribution in [0.2, 0.25) is 0 Å². The monoisotopic (exact) mass is 211 g/mol. The minimum atomic E-state index is -0.226. The highest BCUT2D eigenvalue weighted by molar-refractivity contribution is 5.81. The molecule has 3 nitrogen and oxygen atoms in total. The van der Waals surface area contributed by atoms with Gasteiger partial charge in [0.15, 0.2) is 0 Å². The number of rotatable bonds is 4. The predicted molar refractivity (Wildman–Crippen MR) is 60.7 cm³/mol. The first kappa shape index (κ1) is 12.2. The van der Waals surface area contributed by atoms with Crippen molar-refractivity contribution >= 4 is 5.97 Å². The minimum Gasteiger partial charge on any atom is -0.463 e. The Balaban J connectivity index is 2.25. The van der Waals surface area contributed by atoms with E-state index in [2.05, 4.69) is 11.9 Å². The smallest absolute Gasteiger partial charge is 0.330 e. The van der Waals surface area contributed by atoms with Crippen LogP contribution in [-0.2, 0) is 9.53 Å². The molecule has 0 aromatic carbocycles. The average Bonchev–Trinajstić information content (AvgIpc) is 2.21. The van der Waals surface area contributed by atoms with Crippen LogP contribution in [0.15, 0.2) is 12.2 Å². The van der Waals surface area contributed by atoms with Crippen molar-refractivity contribution in [2.45, 2.75) is 38.6 Å². The topological polar surface area (TPSA) is 29.5 Å². The molecule has 1 atom stereocenters. The van der Waals surface area contributed by atoms with Gasteiger partial charge in [-0.1, -0.05) is 12.5 Å². The maximum absolute atomic E-state index is 11.0. The van der Waals surface area contributed by atoms with Crippen LogP contribution in [-0.4, -0.2) is 37.1 Å². The fraction of sp³-hybridized carbons (Fsp3) is 0.750. The molecule has 1 rings (SSSR count). The van der Waals surface area contributed by atoms with E-state index in [0.717, 1.165) is 6.42 Å².